The zero-order valence-electron chi connectivity index (χ0n) is 19.4. The Hall–Kier alpha value is -2.34. The van der Waals surface area contributed by atoms with Crippen LogP contribution in [-0.4, -0.2) is 57.5 Å². The predicted molar refractivity (Wildman–Crippen MR) is 130 cm³/mol. The van der Waals surface area contributed by atoms with Gasteiger partial charge in [-0.3, -0.25) is 4.79 Å². The van der Waals surface area contributed by atoms with Crippen LogP contribution in [0.4, 0.5) is 10.1 Å². The summed E-state index contributed by atoms with van der Waals surface area (Å²) in [7, 11) is -7.30. The number of benzene rings is 2. The molecule has 0 aromatic heterocycles. The topological polar surface area (TPSA) is 104 Å². The molecular formula is C24H30FN3O5S2. The Labute approximate surface area is 206 Å². The molecule has 4 rings (SSSR count). The van der Waals surface area contributed by atoms with E-state index in [-0.39, 0.29) is 34.7 Å². The zero-order valence-corrected chi connectivity index (χ0v) is 21.0. The lowest BCUT2D eigenvalue weighted by molar-refractivity contribution is -0.120. The molecule has 2 aliphatic rings. The highest BCUT2D eigenvalue weighted by molar-refractivity contribution is 7.89. The van der Waals surface area contributed by atoms with E-state index in [0.717, 1.165) is 37.8 Å². The molecule has 8 nitrogen and oxygen atoms in total. The summed E-state index contributed by atoms with van der Waals surface area (Å²) in [4.78, 5) is 13.0. The van der Waals surface area contributed by atoms with Gasteiger partial charge in [0.15, 0.2) is 0 Å². The largest absolute Gasteiger partial charge is 0.326 e. The van der Waals surface area contributed by atoms with Gasteiger partial charge in [0.25, 0.3) is 0 Å². The summed E-state index contributed by atoms with van der Waals surface area (Å²) in [6.45, 7) is 1.42. The third kappa shape index (κ3) is 5.91. The minimum atomic E-state index is -3.74. The quantitative estimate of drug-likeness (QED) is 0.625. The average Bonchev–Trinajstić information content (AvgIpc) is 3.15. The summed E-state index contributed by atoms with van der Waals surface area (Å²) < 4.78 is 67.3. The van der Waals surface area contributed by atoms with Crippen molar-refractivity contribution in [3.05, 3.63) is 54.3 Å². The van der Waals surface area contributed by atoms with Crippen molar-refractivity contribution in [1.29, 1.82) is 0 Å². The molecule has 2 aromatic rings. The SMILES string of the molecule is O=C(Nc1ccc(S(=O)(=O)N2CCCCCC2)cc1)C1CCN(S(=O)(=O)c2ccc(F)cc2)CC1. The summed E-state index contributed by atoms with van der Waals surface area (Å²) in [6.07, 6.45) is 4.50. The Morgan fingerprint density at radius 3 is 1.69 bits per heavy atom. The van der Waals surface area contributed by atoms with Crippen molar-refractivity contribution in [1.82, 2.24) is 8.61 Å². The number of rotatable bonds is 6. The number of halogens is 1. The number of carbonyl (C=O) groups excluding carboxylic acids is 1. The summed E-state index contributed by atoms with van der Waals surface area (Å²) in [6, 6.07) is 10.9. The summed E-state index contributed by atoms with van der Waals surface area (Å²) in [5.74, 6) is -1.10. The molecule has 0 atom stereocenters. The molecule has 11 heteroatoms. The van der Waals surface area contributed by atoms with Gasteiger partial charge in [-0.15, -0.1) is 0 Å². The molecule has 0 aliphatic carbocycles. The van der Waals surface area contributed by atoms with E-state index in [9.17, 15) is 26.0 Å². The second kappa shape index (κ2) is 10.7. The smallest absolute Gasteiger partial charge is 0.243 e. The number of sulfonamides is 2. The lowest BCUT2D eigenvalue weighted by Crippen LogP contribution is -2.41. The fraction of sp³-hybridized carbons (Fsp3) is 0.458. The molecule has 1 amide bonds. The number of hydrogen-bond acceptors (Lipinski definition) is 5. The lowest BCUT2D eigenvalue weighted by Gasteiger charge is -2.30. The van der Waals surface area contributed by atoms with Crippen LogP contribution in [0.2, 0.25) is 0 Å². The van der Waals surface area contributed by atoms with Crippen LogP contribution in [0.25, 0.3) is 0 Å². The summed E-state index contributed by atoms with van der Waals surface area (Å²) in [5, 5.41) is 2.81. The molecule has 2 heterocycles. The third-order valence-corrected chi connectivity index (χ3v) is 10.4. The number of carbonyl (C=O) groups is 1. The van der Waals surface area contributed by atoms with Gasteiger partial charge >= 0.3 is 0 Å². The molecule has 2 fully saturated rings. The maximum atomic E-state index is 13.1. The van der Waals surface area contributed by atoms with Crippen molar-refractivity contribution in [2.75, 3.05) is 31.5 Å². The molecule has 2 aliphatic heterocycles. The molecular weight excluding hydrogens is 493 g/mol. The molecule has 0 bridgehead atoms. The van der Waals surface area contributed by atoms with Crippen LogP contribution in [0.5, 0.6) is 0 Å². The number of amides is 1. The highest BCUT2D eigenvalue weighted by atomic mass is 32.2. The van der Waals surface area contributed by atoms with Crippen molar-refractivity contribution in [2.45, 2.75) is 48.3 Å². The van der Waals surface area contributed by atoms with Crippen molar-refractivity contribution in [2.24, 2.45) is 5.92 Å². The highest BCUT2D eigenvalue weighted by Gasteiger charge is 2.32. The fourth-order valence-electron chi connectivity index (χ4n) is 4.50. The maximum absolute atomic E-state index is 13.1. The van der Waals surface area contributed by atoms with E-state index in [4.69, 9.17) is 0 Å². The molecule has 0 saturated carbocycles. The Balaban J connectivity index is 1.34. The molecule has 190 valence electrons. The van der Waals surface area contributed by atoms with Crippen molar-refractivity contribution in [3.63, 3.8) is 0 Å². The van der Waals surface area contributed by atoms with Gasteiger partial charge in [0.05, 0.1) is 9.79 Å². The van der Waals surface area contributed by atoms with Crippen molar-refractivity contribution >= 4 is 31.6 Å². The van der Waals surface area contributed by atoms with Crippen LogP contribution in [0.3, 0.4) is 0 Å². The van der Waals surface area contributed by atoms with E-state index < -0.39 is 25.9 Å². The van der Waals surface area contributed by atoms with E-state index in [2.05, 4.69) is 5.32 Å². The second-order valence-corrected chi connectivity index (χ2v) is 12.8. The average molecular weight is 524 g/mol. The Morgan fingerprint density at radius 2 is 1.17 bits per heavy atom. The maximum Gasteiger partial charge on any atom is 0.243 e. The molecule has 35 heavy (non-hydrogen) atoms. The number of nitrogens with zero attached hydrogens (tertiary/aromatic N) is 2. The van der Waals surface area contributed by atoms with Gasteiger partial charge in [-0.05, 0) is 74.2 Å². The third-order valence-electron chi connectivity index (χ3n) is 6.60. The molecule has 2 aromatic carbocycles. The van der Waals surface area contributed by atoms with Crippen LogP contribution >= 0.6 is 0 Å². The van der Waals surface area contributed by atoms with Gasteiger partial charge in [-0.2, -0.15) is 8.61 Å². The van der Waals surface area contributed by atoms with Gasteiger partial charge in [0, 0.05) is 37.8 Å². The van der Waals surface area contributed by atoms with Crippen LogP contribution < -0.4 is 5.32 Å². The van der Waals surface area contributed by atoms with E-state index in [0.29, 0.717) is 31.6 Å². The molecule has 1 N–H and O–H groups in total. The summed E-state index contributed by atoms with van der Waals surface area (Å²) >= 11 is 0. The van der Waals surface area contributed by atoms with Crippen molar-refractivity contribution < 1.29 is 26.0 Å². The minimum Gasteiger partial charge on any atom is -0.326 e. The normalized spacial score (nSPS) is 19.2. The van der Waals surface area contributed by atoms with Gasteiger partial charge in [0.2, 0.25) is 26.0 Å². The zero-order chi connectivity index (χ0) is 25.1. The van der Waals surface area contributed by atoms with Crippen molar-refractivity contribution in [3.8, 4) is 0 Å². The summed E-state index contributed by atoms with van der Waals surface area (Å²) in [5.41, 5.74) is 0.492. The Kier molecular flexibility index (Phi) is 7.89. The number of hydrogen-bond donors (Lipinski definition) is 1. The first-order chi connectivity index (χ1) is 16.7. The predicted octanol–water partition coefficient (Wildman–Crippen LogP) is 3.43. The van der Waals surface area contributed by atoms with Gasteiger partial charge in [-0.1, -0.05) is 12.8 Å². The van der Waals surface area contributed by atoms with E-state index in [1.165, 1.54) is 32.9 Å². The first-order valence-electron chi connectivity index (χ1n) is 11.8. The first kappa shape index (κ1) is 25.7. The fourth-order valence-corrected chi connectivity index (χ4v) is 7.49. The first-order valence-corrected chi connectivity index (χ1v) is 14.7. The van der Waals surface area contributed by atoms with Gasteiger partial charge in [0.1, 0.15) is 5.82 Å². The van der Waals surface area contributed by atoms with Gasteiger partial charge < -0.3 is 5.32 Å². The molecule has 2 saturated heterocycles. The van der Waals surface area contributed by atoms with Crippen LogP contribution in [0.1, 0.15) is 38.5 Å². The highest BCUT2D eigenvalue weighted by Crippen LogP contribution is 2.26. The standard InChI is InChI=1S/C24H30FN3O5S2/c25-20-5-9-22(10-6-20)35(32,33)28-17-13-19(14-18-28)24(29)26-21-7-11-23(12-8-21)34(30,31)27-15-3-1-2-4-16-27/h5-12,19H,1-4,13-18H2,(H,26,29). The Morgan fingerprint density at radius 1 is 0.714 bits per heavy atom. The van der Waals surface area contributed by atoms with Crippen LogP contribution in [0, 0.1) is 11.7 Å². The lowest BCUT2D eigenvalue weighted by atomic mass is 9.97. The second-order valence-electron chi connectivity index (χ2n) is 8.96. The number of nitrogens with one attached hydrogen (secondary N) is 1. The molecule has 0 unspecified atom stereocenters. The van der Waals surface area contributed by atoms with E-state index in [1.807, 2.05) is 0 Å². The van der Waals surface area contributed by atoms with Gasteiger partial charge in [-0.25, -0.2) is 21.2 Å². The monoisotopic (exact) mass is 523 g/mol. The van der Waals surface area contributed by atoms with E-state index >= 15 is 0 Å². The molecule has 0 spiro atoms. The van der Waals surface area contributed by atoms with E-state index in [1.54, 1.807) is 12.1 Å². The molecule has 0 radical (unpaired) electrons. The van der Waals surface area contributed by atoms with Crippen LogP contribution in [-0.2, 0) is 24.8 Å². The number of piperidine rings is 1. The minimum absolute atomic E-state index is 0.0250. The van der Waals surface area contributed by atoms with Crippen LogP contribution in [0.15, 0.2) is 58.3 Å². The Bertz CT molecular complexity index is 1230. The number of anilines is 1.